The van der Waals surface area contributed by atoms with Crippen LogP contribution in [0.25, 0.3) is 0 Å². The highest BCUT2D eigenvalue weighted by Crippen LogP contribution is 2.43. The molecule has 1 aromatic carbocycles. The maximum atomic E-state index is 12.1. The number of aliphatic hydroxyl groups excluding tert-OH is 4. The summed E-state index contributed by atoms with van der Waals surface area (Å²) in [7, 11) is -4.10. The first kappa shape index (κ1) is 24.7. The molecule has 1 heterocycles. The van der Waals surface area contributed by atoms with Gasteiger partial charge in [0.2, 0.25) is 0 Å². The van der Waals surface area contributed by atoms with E-state index in [2.05, 4.69) is 10.6 Å². The van der Waals surface area contributed by atoms with Crippen LogP contribution in [0.1, 0.15) is 23.2 Å². The van der Waals surface area contributed by atoms with Crippen LogP contribution in [0.2, 0.25) is 0 Å². The van der Waals surface area contributed by atoms with Crippen molar-refractivity contribution in [2.24, 2.45) is 0 Å². The molecule has 170 valence electrons. The second-order valence-corrected chi connectivity index (χ2v) is 9.14. The standard InChI is InChI=1S/C18H29N2O9P/c21-9-15-17(25)16(24)14(20-15)8-13(23)10-30(27,28)29-7-1-6-19-18(26)11-2-4-12(22)5-3-11/h2-5,13-17,20-25H,1,6-10H2,(H,19,26)(H,27,28)/t13-,14-,15-,16-,17-/m1/s1. The number of aromatic hydroxyl groups is 1. The van der Waals surface area contributed by atoms with Gasteiger partial charge in [-0.15, -0.1) is 0 Å². The summed E-state index contributed by atoms with van der Waals surface area (Å²) in [5.74, 6) is -0.313. The Morgan fingerprint density at radius 3 is 2.43 bits per heavy atom. The molecule has 11 nitrogen and oxygen atoms in total. The van der Waals surface area contributed by atoms with Crippen molar-refractivity contribution >= 4 is 13.5 Å². The summed E-state index contributed by atoms with van der Waals surface area (Å²) >= 11 is 0. The van der Waals surface area contributed by atoms with E-state index >= 15 is 0 Å². The Bertz CT molecular complexity index is 733. The maximum absolute atomic E-state index is 12.1. The predicted molar refractivity (Wildman–Crippen MR) is 106 cm³/mol. The minimum absolute atomic E-state index is 0.0449. The molecule has 8 N–H and O–H groups in total. The van der Waals surface area contributed by atoms with Crippen LogP contribution < -0.4 is 10.6 Å². The third kappa shape index (κ3) is 7.29. The van der Waals surface area contributed by atoms with Crippen molar-refractivity contribution in [2.75, 3.05) is 25.9 Å². The Morgan fingerprint density at radius 1 is 1.20 bits per heavy atom. The summed E-state index contributed by atoms with van der Waals surface area (Å²) in [5.41, 5.74) is 0.362. The average molecular weight is 448 g/mol. The molecule has 0 aromatic heterocycles. The number of nitrogens with one attached hydrogen (secondary N) is 2. The lowest BCUT2D eigenvalue weighted by atomic mass is 10.0. The fourth-order valence-electron chi connectivity index (χ4n) is 3.20. The Kier molecular flexibility index (Phi) is 9.20. The Balaban J connectivity index is 1.66. The summed E-state index contributed by atoms with van der Waals surface area (Å²) in [5, 5.41) is 53.4. The van der Waals surface area contributed by atoms with Gasteiger partial charge in [0.1, 0.15) is 5.75 Å². The molecule has 1 aliphatic rings. The van der Waals surface area contributed by atoms with Gasteiger partial charge in [0.15, 0.2) is 0 Å². The lowest BCUT2D eigenvalue weighted by molar-refractivity contribution is 0.0139. The molecular weight excluding hydrogens is 419 g/mol. The molecular formula is C18H29N2O9P. The number of hydrogen-bond donors (Lipinski definition) is 8. The number of carbonyl (C=O) groups excluding carboxylic acids is 1. The minimum Gasteiger partial charge on any atom is -0.508 e. The van der Waals surface area contributed by atoms with Crippen molar-refractivity contribution < 1.29 is 44.3 Å². The van der Waals surface area contributed by atoms with Gasteiger partial charge in [-0.25, -0.2) is 0 Å². The SMILES string of the molecule is O=C(NCCCOP(=O)(O)C[C@H](O)C[C@H]1N[C@H](CO)[C@@H](O)[C@@H]1O)c1ccc(O)cc1. The molecule has 1 saturated heterocycles. The van der Waals surface area contributed by atoms with Crippen LogP contribution in [0.15, 0.2) is 24.3 Å². The highest BCUT2D eigenvalue weighted by atomic mass is 31.2. The molecule has 1 amide bonds. The van der Waals surface area contributed by atoms with E-state index in [4.69, 9.17) is 9.63 Å². The Labute approximate surface area is 173 Å². The van der Waals surface area contributed by atoms with Crippen molar-refractivity contribution in [2.45, 2.75) is 43.2 Å². The number of phenolic OH excluding ortho intramolecular Hbond substituents is 1. The molecule has 0 aliphatic carbocycles. The van der Waals surface area contributed by atoms with Crippen LogP contribution in [0.3, 0.4) is 0 Å². The molecule has 6 atom stereocenters. The van der Waals surface area contributed by atoms with Crippen molar-refractivity contribution in [3.8, 4) is 5.75 Å². The molecule has 1 unspecified atom stereocenters. The fraction of sp³-hybridized carbons (Fsp3) is 0.611. The third-order valence-corrected chi connectivity index (χ3v) is 6.26. The summed E-state index contributed by atoms with van der Waals surface area (Å²) in [6, 6.07) is 4.23. The van der Waals surface area contributed by atoms with Gasteiger partial charge in [-0.05, 0) is 37.1 Å². The molecule has 0 bridgehead atoms. The topological polar surface area (TPSA) is 189 Å². The van der Waals surface area contributed by atoms with Gasteiger partial charge < -0.3 is 45.6 Å². The summed E-state index contributed by atoms with van der Waals surface area (Å²) < 4.78 is 17.1. The first-order chi connectivity index (χ1) is 14.1. The quantitative estimate of drug-likeness (QED) is 0.146. The first-order valence-corrected chi connectivity index (χ1v) is 11.3. The monoisotopic (exact) mass is 448 g/mol. The van der Waals surface area contributed by atoms with Gasteiger partial charge in [0.05, 0.1) is 43.7 Å². The van der Waals surface area contributed by atoms with E-state index in [1.807, 2.05) is 0 Å². The number of hydrogen-bond acceptors (Lipinski definition) is 9. The van der Waals surface area contributed by atoms with Gasteiger partial charge in [0, 0.05) is 18.2 Å². The van der Waals surface area contributed by atoms with Crippen LogP contribution in [0, 0.1) is 0 Å². The number of amides is 1. The lowest BCUT2D eigenvalue weighted by Gasteiger charge is -2.21. The van der Waals surface area contributed by atoms with E-state index in [0.29, 0.717) is 5.56 Å². The number of benzene rings is 1. The first-order valence-electron chi connectivity index (χ1n) is 9.57. The molecule has 1 aliphatic heterocycles. The number of carbonyl (C=O) groups is 1. The second kappa shape index (κ2) is 11.2. The zero-order valence-electron chi connectivity index (χ0n) is 16.3. The Hall–Kier alpha value is -1.56. The molecule has 2 rings (SSSR count). The normalized spacial score (nSPS) is 26.8. The predicted octanol–water partition coefficient (Wildman–Crippen LogP) is -1.48. The van der Waals surface area contributed by atoms with E-state index < -0.39 is 50.8 Å². The summed E-state index contributed by atoms with van der Waals surface area (Å²) in [6.45, 7) is -0.317. The lowest BCUT2D eigenvalue weighted by Crippen LogP contribution is -2.38. The summed E-state index contributed by atoms with van der Waals surface area (Å²) in [4.78, 5) is 21.8. The van der Waals surface area contributed by atoms with E-state index in [0.717, 1.165) is 0 Å². The molecule has 0 spiro atoms. The molecule has 1 fully saturated rings. The molecule has 12 heteroatoms. The van der Waals surface area contributed by atoms with E-state index in [1.54, 1.807) is 0 Å². The molecule has 0 radical (unpaired) electrons. The zero-order valence-corrected chi connectivity index (χ0v) is 17.2. The van der Waals surface area contributed by atoms with Gasteiger partial charge in [-0.2, -0.15) is 0 Å². The molecule has 0 saturated carbocycles. The van der Waals surface area contributed by atoms with Gasteiger partial charge in [-0.1, -0.05) is 0 Å². The number of phenols is 1. The largest absolute Gasteiger partial charge is 0.508 e. The number of rotatable bonds is 11. The van der Waals surface area contributed by atoms with Crippen LogP contribution in [0.4, 0.5) is 0 Å². The minimum atomic E-state index is -4.10. The highest BCUT2D eigenvalue weighted by Gasteiger charge is 2.41. The van der Waals surface area contributed by atoms with Gasteiger partial charge >= 0.3 is 7.60 Å². The van der Waals surface area contributed by atoms with Crippen molar-refractivity contribution in [1.29, 1.82) is 0 Å². The third-order valence-electron chi connectivity index (χ3n) is 4.80. The highest BCUT2D eigenvalue weighted by molar-refractivity contribution is 7.52. The van der Waals surface area contributed by atoms with Crippen molar-refractivity contribution in [3.63, 3.8) is 0 Å². The Morgan fingerprint density at radius 2 is 1.83 bits per heavy atom. The maximum Gasteiger partial charge on any atom is 0.330 e. The summed E-state index contributed by atoms with van der Waals surface area (Å²) in [6.07, 6.45) is -4.08. The van der Waals surface area contributed by atoms with E-state index in [-0.39, 0.29) is 37.6 Å². The van der Waals surface area contributed by atoms with Crippen LogP contribution in [0.5, 0.6) is 5.75 Å². The molecule has 30 heavy (non-hydrogen) atoms. The fourth-order valence-corrected chi connectivity index (χ4v) is 4.40. The van der Waals surface area contributed by atoms with Gasteiger partial charge in [-0.3, -0.25) is 9.36 Å². The zero-order chi connectivity index (χ0) is 22.3. The van der Waals surface area contributed by atoms with Crippen molar-refractivity contribution in [3.05, 3.63) is 29.8 Å². The number of aliphatic hydroxyl groups is 4. The van der Waals surface area contributed by atoms with Crippen LogP contribution in [-0.2, 0) is 9.09 Å². The van der Waals surface area contributed by atoms with Crippen LogP contribution in [-0.4, -0.2) is 92.6 Å². The smallest absolute Gasteiger partial charge is 0.330 e. The second-order valence-electron chi connectivity index (χ2n) is 7.24. The molecule has 1 aromatic rings. The van der Waals surface area contributed by atoms with Gasteiger partial charge in [0.25, 0.3) is 5.91 Å². The van der Waals surface area contributed by atoms with E-state index in [9.17, 15) is 34.7 Å². The van der Waals surface area contributed by atoms with E-state index in [1.165, 1.54) is 24.3 Å². The van der Waals surface area contributed by atoms with Crippen LogP contribution >= 0.6 is 7.60 Å². The van der Waals surface area contributed by atoms with Crippen molar-refractivity contribution in [1.82, 2.24) is 10.6 Å². The average Bonchev–Trinajstić information content (AvgIpc) is 2.95.